The molecule has 2 aliphatic rings. The van der Waals surface area contributed by atoms with Crippen molar-refractivity contribution in [3.63, 3.8) is 0 Å². The third-order valence-corrected chi connectivity index (χ3v) is 6.48. The molecule has 2 fully saturated rings. The van der Waals surface area contributed by atoms with E-state index in [4.69, 9.17) is 0 Å². The first-order valence-electron chi connectivity index (χ1n) is 11.9. The molecular weight excluding hydrogens is 382 g/mol. The van der Waals surface area contributed by atoms with Crippen LogP contribution in [0.4, 0.5) is 10.5 Å². The lowest BCUT2D eigenvalue weighted by Gasteiger charge is -2.39. The van der Waals surface area contributed by atoms with E-state index in [1.165, 1.54) is 11.1 Å². The van der Waals surface area contributed by atoms with Crippen LogP contribution in [-0.2, 0) is 0 Å². The summed E-state index contributed by atoms with van der Waals surface area (Å²) < 4.78 is 0. The molecule has 1 aromatic carbocycles. The molecule has 168 valence electrons. The third-order valence-electron chi connectivity index (χ3n) is 6.48. The Morgan fingerprint density at radius 3 is 2.48 bits per heavy atom. The highest BCUT2D eigenvalue weighted by atomic mass is 16.2. The van der Waals surface area contributed by atoms with Gasteiger partial charge in [-0.05, 0) is 56.6 Å². The summed E-state index contributed by atoms with van der Waals surface area (Å²) in [5.41, 5.74) is 3.51. The minimum Gasteiger partial charge on any atom is -0.318 e. The van der Waals surface area contributed by atoms with Gasteiger partial charge in [0.15, 0.2) is 0 Å². The normalized spacial score (nSPS) is 18.5. The molecule has 1 saturated heterocycles. The van der Waals surface area contributed by atoms with Gasteiger partial charge in [0.25, 0.3) is 0 Å². The van der Waals surface area contributed by atoms with E-state index in [2.05, 4.69) is 60.7 Å². The average molecular weight is 422 g/mol. The minimum absolute atomic E-state index is 0.0832. The smallest absolute Gasteiger partial charge is 0.318 e. The summed E-state index contributed by atoms with van der Waals surface area (Å²) in [4.78, 5) is 18.0. The molecular formula is C27H39N3O. The van der Waals surface area contributed by atoms with Gasteiger partial charge in [-0.3, -0.25) is 0 Å². The quantitative estimate of drug-likeness (QED) is 0.472. The molecule has 1 aliphatic carbocycles. The number of hydrogen-bond donors (Lipinski definition) is 1. The second-order valence-corrected chi connectivity index (χ2v) is 9.09. The Morgan fingerprint density at radius 1 is 1.19 bits per heavy atom. The summed E-state index contributed by atoms with van der Waals surface area (Å²) >= 11 is 0. The van der Waals surface area contributed by atoms with Gasteiger partial charge in [0, 0.05) is 37.4 Å². The van der Waals surface area contributed by atoms with Crippen molar-refractivity contribution in [1.82, 2.24) is 9.80 Å². The van der Waals surface area contributed by atoms with Crippen LogP contribution in [0.15, 0.2) is 60.7 Å². The molecule has 0 spiro atoms. The van der Waals surface area contributed by atoms with E-state index in [1.807, 2.05) is 30.4 Å². The second kappa shape index (κ2) is 11.3. The number of para-hydroxylation sites is 1. The van der Waals surface area contributed by atoms with Crippen molar-refractivity contribution >= 4 is 11.7 Å². The number of carbonyl (C=O) groups excluding carboxylic acids is 1. The molecule has 0 aromatic heterocycles. The number of amides is 2. The van der Waals surface area contributed by atoms with Crippen LogP contribution in [0.3, 0.4) is 0 Å². The van der Waals surface area contributed by atoms with E-state index in [1.54, 1.807) is 0 Å². The van der Waals surface area contributed by atoms with Gasteiger partial charge in [-0.25, -0.2) is 4.79 Å². The Kier molecular flexibility index (Phi) is 8.53. The first-order chi connectivity index (χ1) is 15.0. The number of urea groups is 1. The largest absolute Gasteiger partial charge is 0.322 e. The van der Waals surface area contributed by atoms with Gasteiger partial charge in [-0.1, -0.05) is 68.5 Å². The first-order valence-corrected chi connectivity index (χ1v) is 11.9. The number of nitrogens with zero attached hydrogens (tertiary/aromatic N) is 2. The first kappa shape index (κ1) is 23.3. The molecule has 3 rings (SSSR count). The van der Waals surface area contributed by atoms with Gasteiger partial charge < -0.3 is 15.1 Å². The Labute approximate surface area is 188 Å². The van der Waals surface area contributed by atoms with Crippen molar-refractivity contribution < 1.29 is 4.79 Å². The highest BCUT2D eigenvalue weighted by Gasteiger charge is 2.38. The van der Waals surface area contributed by atoms with Crippen molar-refractivity contribution in [1.29, 1.82) is 0 Å². The van der Waals surface area contributed by atoms with Crippen molar-refractivity contribution in [3.05, 3.63) is 66.3 Å². The Bertz CT molecular complexity index is 798. The lowest BCUT2D eigenvalue weighted by atomic mass is 10.0. The topological polar surface area (TPSA) is 35.6 Å². The van der Waals surface area contributed by atoms with Gasteiger partial charge >= 0.3 is 6.03 Å². The number of anilines is 1. The van der Waals surface area contributed by atoms with Gasteiger partial charge in [0.05, 0.1) is 0 Å². The highest BCUT2D eigenvalue weighted by Crippen LogP contribution is 2.33. The molecule has 1 N–H and O–H groups in total. The molecule has 4 heteroatoms. The standard InChI is InChI=1S/C27H39N3O/c1-5-7-10-22(6-2)15-18-29-19-16-24(17-20-29)30(23-13-14-23)27(31)28-26-12-9-8-11-25(26)21(3)4/h5-12,21,23-24H,1,13-20H2,2-4H3,(H,28,31). The number of nitrogens with one attached hydrogen (secondary N) is 1. The zero-order chi connectivity index (χ0) is 22.2. The summed E-state index contributed by atoms with van der Waals surface area (Å²) in [5, 5.41) is 3.24. The van der Waals surface area contributed by atoms with E-state index >= 15 is 0 Å². The van der Waals surface area contributed by atoms with Crippen LogP contribution in [0, 0.1) is 0 Å². The fourth-order valence-corrected chi connectivity index (χ4v) is 4.50. The predicted molar refractivity (Wildman–Crippen MR) is 132 cm³/mol. The maximum Gasteiger partial charge on any atom is 0.322 e. The van der Waals surface area contributed by atoms with Crippen molar-refractivity contribution in [2.45, 2.75) is 70.9 Å². The van der Waals surface area contributed by atoms with Crippen LogP contribution < -0.4 is 5.32 Å². The molecule has 4 nitrogen and oxygen atoms in total. The SMILES string of the molecule is C=CC=CC(=CC)CCN1CCC(N(C(=O)Nc2ccccc2C(C)C)C2CC2)CC1. The number of allylic oxidation sites excluding steroid dienone is 4. The van der Waals surface area contributed by atoms with Gasteiger partial charge in [-0.2, -0.15) is 0 Å². The minimum atomic E-state index is 0.0832. The Balaban J connectivity index is 1.56. The van der Waals surface area contributed by atoms with E-state index in [9.17, 15) is 4.79 Å². The molecule has 1 saturated carbocycles. The van der Waals surface area contributed by atoms with Crippen molar-refractivity contribution in [2.75, 3.05) is 25.0 Å². The molecule has 0 unspecified atom stereocenters. The van der Waals surface area contributed by atoms with Crippen LogP contribution in [0.5, 0.6) is 0 Å². The zero-order valence-corrected chi connectivity index (χ0v) is 19.5. The highest BCUT2D eigenvalue weighted by molar-refractivity contribution is 5.91. The molecule has 1 aromatic rings. The van der Waals surface area contributed by atoms with Crippen molar-refractivity contribution in [3.8, 4) is 0 Å². The van der Waals surface area contributed by atoms with E-state index in [-0.39, 0.29) is 6.03 Å². The van der Waals surface area contributed by atoms with Crippen LogP contribution >= 0.6 is 0 Å². The average Bonchev–Trinajstić information content (AvgIpc) is 3.60. The fourth-order valence-electron chi connectivity index (χ4n) is 4.50. The van der Waals surface area contributed by atoms with Crippen LogP contribution in [0.2, 0.25) is 0 Å². The predicted octanol–water partition coefficient (Wildman–Crippen LogP) is 6.35. The number of piperidine rings is 1. The fraction of sp³-hybridized carbons (Fsp3) is 0.519. The Morgan fingerprint density at radius 2 is 1.87 bits per heavy atom. The third kappa shape index (κ3) is 6.57. The van der Waals surface area contributed by atoms with E-state index < -0.39 is 0 Å². The molecule has 0 atom stereocenters. The van der Waals surface area contributed by atoms with Gasteiger partial charge in [0.2, 0.25) is 0 Å². The van der Waals surface area contributed by atoms with Crippen molar-refractivity contribution in [2.24, 2.45) is 0 Å². The summed E-state index contributed by atoms with van der Waals surface area (Å²) in [6, 6.07) is 9.04. The van der Waals surface area contributed by atoms with E-state index in [0.29, 0.717) is 18.0 Å². The van der Waals surface area contributed by atoms with Gasteiger partial charge in [-0.15, -0.1) is 0 Å². The number of carbonyl (C=O) groups is 1. The number of hydrogen-bond acceptors (Lipinski definition) is 2. The summed E-state index contributed by atoms with van der Waals surface area (Å²) in [5.74, 6) is 0.387. The summed E-state index contributed by atoms with van der Waals surface area (Å²) in [6.07, 6.45) is 13.6. The Hall–Kier alpha value is -2.33. The van der Waals surface area contributed by atoms with Crippen LogP contribution in [0.1, 0.15) is 64.4 Å². The lowest BCUT2D eigenvalue weighted by molar-refractivity contribution is 0.124. The molecule has 2 amide bonds. The maximum absolute atomic E-state index is 13.3. The maximum atomic E-state index is 13.3. The van der Waals surface area contributed by atoms with Crippen LogP contribution in [0.25, 0.3) is 0 Å². The summed E-state index contributed by atoms with van der Waals surface area (Å²) in [7, 11) is 0. The molecule has 1 aliphatic heterocycles. The zero-order valence-electron chi connectivity index (χ0n) is 19.5. The molecule has 0 radical (unpaired) electrons. The number of likely N-dealkylation sites (tertiary alicyclic amines) is 1. The molecule has 31 heavy (non-hydrogen) atoms. The van der Waals surface area contributed by atoms with Gasteiger partial charge in [0.1, 0.15) is 0 Å². The summed E-state index contributed by atoms with van der Waals surface area (Å²) in [6.45, 7) is 13.4. The molecule has 0 bridgehead atoms. The lowest BCUT2D eigenvalue weighted by Crippen LogP contribution is -2.50. The number of rotatable bonds is 9. The second-order valence-electron chi connectivity index (χ2n) is 9.09. The number of benzene rings is 1. The monoisotopic (exact) mass is 421 g/mol. The molecule has 1 heterocycles. The van der Waals surface area contributed by atoms with E-state index in [0.717, 1.165) is 57.4 Å². The van der Waals surface area contributed by atoms with Crippen LogP contribution in [-0.4, -0.2) is 47.5 Å².